The third kappa shape index (κ3) is 6.12. The summed E-state index contributed by atoms with van der Waals surface area (Å²) in [4.78, 5) is 12.8. The van der Waals surface area contributed by atoms with Gasteiger partial charge in [-0.15, -0.1) is 0 Å². The number of nitrogens with one attached hydrogen (secondary N) is 1. The molecular formula is C8H18N2O2. The van der Waals surface area contributed by atoms with Gasteiger partial charge in [-0.1, -0.05) is 0 Å². The Bertz CT molecular complexity index is 137. The average molecular weight is 174 g/mol. The van der Waals surface area contributed by atoms with E-state index < -0.39 is 0 Å². The second-order valence-corrected chi connectivity index (χ2v) is 3.00. The molecule has 1 unspecified atom stereocenters. The summed E-state index contributed by atoms with van der Waals surface area (Å²) in [5.74, 6) is 0.000602. The van der Waals surface area contributed by atoms with Gasteiger partial charge in [0.1, 0.15) is 0 Å². The van der Waals surface area contributed by atoms with Gasteiger partial charge in [0.25, 0.3) is 0 Å². The number of nitrogens with zero attached hydrogens (tertiary/aromatic N) is 1. The smallest absolute Gasteiger partial charge is 0.234 e. The standard InChI is InChI=1S/C8H18N2O2/c1-4-9-8(12)6-10(3)5-7(2)11/h7,11H,4-6H2,1-3H3,(H,9,12). The first-order valence-electron chi connectivity index (χ1n) is 4.19. The number of carbonyl (C=O) groups is 1. The molecule has 12 heavy (non-hydrogen) atoms. The van der Waals surface area contributed by atoms with Gasteiger partial charge in [-0.05, 0) is 20.9 Å². The highest BCUT2D eigenvalue weighted by molar-refractivity contribution is 5.77. The summed E-state index contributed by atoms with van der Waals surface area (Å²) in [6.07, 6.45) is -0.385. The number of hydrogen-bond acceptors (Lipinski definition) is 3. The van der Waals surface area contributed by atoms with Crippen LogP contribution in [0.25, 0.3) is 0 Å². The predicted octanol–water partition coefficient (Wildman–Crippen LogP) is -0.565. The molecule has 0 aliphatic rings. The van der Waals surface area contributed by atoms with Gasteiger partial charge in [-0.25, -0.2) is 0 Å². The lowest BCUT2D eigenvalue weighted by molar-refractivity contribution is -0.122. The Morgan fingerprint density at radius 1 is 1.67 bits per heavy atom. The molecule has 2 N–H and O–H groups in total. The summed E-state index contributed by atoms with van der Waals surface area (Å²) in [7, 11) is 1.81. The van der Waals surface area contributed by atoms with Crippen molar-refractivity contribution in [2.24, 2.45) is 0 Å². The van der Waals surface area contributed by atoms with E-state index in [4.69, 9.17) is 5.11 Å². The predicted molar refractivity (Wildman–Crippen MR) is 47.9 cm³/mol. The molecule has 0 bridgehead atoms. The van der Waals surface area contributed by atoms with Gasteiger partial charge in [-0.2, -0.15) is 0 Å². The Labute approximate surface area is 73.6 Å². The molecule has 0 spiro atoms. The van der Waals surface area contributed by atoms with E-state index in [2.05, 4.69) is 5.32 Å². The van der Waals surface area contributed by atoms with E-state index in [0.29, 0.717) is 19.6 Å². The Morgan fingerprint density at radius 2 is 2.25 bits per heavy atom. The second kappa shape index (κ2) is 5.97. The van der Waals surface area contributed by atoms with E-state index in [9.17, 15) is 4.79 Å². The van der Waals surface area contributed by atoms with Gasteiger partial charge >= 0.3 is 0 Å². The van der Waals surface area contributed by atoms with Gasteiger partial charge < -0.3 is 10.4 Å². The largest absolute Gasteiger partial charge is 0.392 e. The van der Waals surface area contributed by atoms with Crippen molar-refractivity contribution >= 4 is 5.91 Å². The number of carbonyl (C=O) groups excluding carboxylic acids is 1. The van der Waals surface area contributed by atoms with Gasteiger partial charge in [0.05, 0.1) is 12.6 Å². The van der Waals surface area contributed by atoms with Crippen molar-refractivity contribution < 1.29 is 9.90 Å². The fourth-order valence-corrected chi connectivity index (χ4v) is 1.01. The number of aliphatic hydroxyl groups is 1. The molecule has 1 atom stereocenters. The third-order valence-electron chi connectivity index (χ3n) is 1.36. The molecule has 0 radical (unpaired) electrons. The SMILES string of the molecule is CCNC(=O)CN(C)CC(C)O. The van der Waals surface area contributed by atoms with Crippen molar-refractivity contribution in [2.45, 2.75) is 20.0 Å². The van der Waals surface area contributed by atoms with Crippen LogP contribution < -0.4 is 5.32 Å². The molecule has 0 fully saturated rings. The minimum atomic E-state index is -0.385. The van der Waals surface area contributed by atoms with Crippen LogP contribution in [0.4, 0.5) is 0 Å². The van der Waals surface area contributed by atoms with Gasteiger partial charge in [-0.3, -0.25) is 9.69 Å². The second-order valence-electron chi connectivity index (χ2n) is 3.00. The molecule has 4 nitrogen and oxygen atoms in total. The summed E-state index contributed by atoms with van der Waals surface area (Å²) in [6, 6.07) is 0. The van der Waals surface area contributed by atoms with Gasteiger partial charge in [0, 0.05) is 13.1 Å². The normalized spacial score (nSPS) is 13.1. The molecule has 0 aromatic carbocycles. The van der Waals surface area contributed by atoms with E-state index in [1.165, 1.54) is 0 Å². The fourth-order valence-electron chi connectivity index (χ4n) is 1.01. The number of hydrogen-bond donors (Lipinski definition) is 2. The summed E-state index contributed by atoms with van der Waals surface area (Å²) in [5.41, 5.74) is 0. The number of likely N-dealkylation sites (N-methyl/N-ethyl adjacent to an activating group) is 2. The summed E-state index contributed by atoms with van der Waals surface area (Å²) >= 11 is 0. The average Bonchev–Trinajstić information content (AvgIpc) is 1.84. The lowest BCUT2D eigenvalue weighted by Gasteiger charge is -2.17. The van der Waals surface area contributed by atoms with Crippen molar-refractivity contribution in [3.8, 4) is 0 Å². The minimum absolute atomic E-state index is 0.000602. The highest BCUT2D eigenvalue weighted by Crippen LogP contribution is 1.86. The highest BCUT2D eigenvalue weighted by Gasteiger charge is 2.06. The quantitative estimate of drug-likeness (QED) is 0.587. The molecule has 1 amide bonds. The van der Waals surface area contributed by atoms with Crippen LogP contribution in [0.5, 0.6) is 0 Å². The van der Waals surface area contributed by atoms with Crippen LogP contribution in [0.15, 0.2) is 0 Å². The summed E-state index contributed by atoms with van der Waals surface area (Å²) < 4.78 is 0. The number of aliphatic hydroxyl groups excluding tert-OH is 1. The molecule has 0 aliphatic heterocycles. The molecule has 72 valence electrons. The topological polar surface area (TPSA) is 52.6 Å². The van der Waals surface area contributed by atoms with Crippen LogP contribution in [0.3, 0.4) is 0 Å². The maximum Gasteiger partial charge on any atom is 0.234 e. The molecule has 0 saturated carbocycles. The lowest BCUT2D eigenvalue weighted by atomic mass is 10.3. The van der Waals surface area contributed by atoms with Gasteiger partial charge in [0.2, 0.25) is 5.91 Å². The van der Waals surface area contributed by atoms with Crippen molar-refractivity contribution in [3.63, 3.8) is 0 Å². The minimum Gasteiger partial charge on any atom is -0.392 e. The monoisotopic (exact) mass is 174 g/mol. The van der Waals surface area contributed by atoms with Crippen molar-refractivity contribution in [2.75, 3.05) is 26.7 Å². The van der Waals surface area contributed by atoms with Crippen LogP contribution in [0, 0.1) is 0 Å². The lowest BCUT2D eigenvalue weighted by Crippen LogP contribution is -2.37. The first-order valence-corrected chi connectivity index (χ1v) is 4.19. The first-order chi connectivity index (χ1) is 5.56. The zero-order valence-electron chi connectivity index (χ0n) is 8.00. The van der Waals surface area contributed by atoms with E-state index in [-0.39, 0.29) is 12.0 Å². The van der Waals surface area contributed by atoms with Crippen LogP contribution >= 0.6 is 0 Å². The fraction of sp³-hybridized carbons (Fsp3) is 0.875. The van der Waals surface area contributed by atoms with Crippen molar-refractivity contribution in [3.05, 3.63) is 0 Å². The van der Waals surface area contributed by atoms with Crippen LogP contribution in [0.2, 0.25) is 0 Å². The molecule has 4 heteroatoms. The van der Waals surface area contributed by atoms with Crippen LogP contribution in [0.1, 0.15) is 13.8 Å². The first kappa shape index (κ1) is 11.4. The molecule has 0 aromatic heterocycles. The Balaban J connectivity index is 3.54. The maximum absolute atomic E-state index is 11.0. The molecule has 0 saturated heterocycles. The molecule has 0 heterocycles. The molecule has 0 aromatic rings. The summed E-state index contributed by atoms with van der Waals surface area (Å²) in [6.45, 7) is 5.11. The molecule has 0 rings (SSSR count). The number of rotatable bonds is 5. The van der Waals surface area contributed by atoms with E-state index in [1.54, 1.807) is 11.8 Å². The zero-order chi connectivity index (χ0) is 9.56. The number of amides is 1. The van der Waals surface area contributed by atoms with E-state index in [0.717, 1.165) is 0 Å². The molecule has 0 aliphatic carbocycles. The van der Waals surface area contributed by atoms with Crippen molar-refractivity contribution in [1.82, 2.24) is 10.2 Å². The summed E-state index contributed by atoms with van der Waals surface area (Å²) in [5, 5.41) is 11.7. The van der Waals surface area contributed by atoms with Crippen LogP contribution in [-0.4, -0.2) is 48.7 Å². The van der Waals surface area contributed by atoms with E-state index >= 15 is 0 Å². The molecular weight excluding hydrogens is 156 g/mol. The highest BCUT2D eigenvalue weighted by atomic mass is 16.3. The Morgan fingerprint density at radius 3 is 2.67 bits per heavy atom. The zero-order valence-corrected chi connectivity index (χ0v) is 8.00. The Kier molecular flexibility index (Phi) is 5.66. The van der Waals surface area contributed by atoms with Crippen molar-refractivity contribution in [1.29, 1.82) is 0 Å². The van der Waals surface area contributed by atoms with E-state index in [1.807, 2.05) is 14.0 Å². The van der Waals surface area contributed by atoms with Gasteiger partial charge in [0.15, 0.2) is 0 Å². The van der Waals surface area contributed by atoms with Crippen LogP contribution in [-0.2, 0) is 4.79 Å². The maximum atomic E-state index is 11.0. The Hall–Kier alpha value is -0.610. The third-order valence-corrected chi connectivity index (χ3v) is 1.36.